The zero-order chi connectivity index (χ0) is 19.9. The molecule has 0 aliphatic carbocycles. The normalized spacial score (nSPS) is 11.2. The molecule has 0 N–H and O–H groups in total. The lowest BCUT2D eigenvalue weighted by atomic mass is 10.1. The summed E-state index contributed by atoms with van der Waals surface area (Å²) in [4.78, 5) is 11.4. The molecule has 2 aromatic heterocycles. The van der Waals surface area contributed by atoms with Crippen LogP contribution in [-0.4, -0.2) is 33.1 Å². The fraction of sp³-hybridized carbons (Fsp3) is 0.250. The van der Waals surface area contributed by atoms with Crippen LogP contribution in [0, 0.1) is 0 Å². The van der Waals surface area contributed by atoms with Gasteiger partial charge in [0.25, 0.3) is 0 Å². The second-order valence-corrected chi connectivity index (χ2v) is 7.17. The molecule has 0 spiro atoms. The van der Waals surface area contributed by atoms with Crippen molar-refractivity contribution in [1.82, 2.24) is 19.4 Å². The number of aryl methyl sites for hydroxylation is 1. The molecule has 148 valence electrons. The van der Waals surface area contributed by atoms with Gasteiger partial charge < -0.3 is 9.30 Å². The Morgan fingerprint density at radius 2 is 1.83 bits per heavy atom. The van der Waals surface area contributed by atoms with Gasteiger partial charge in [0.1, 0.15) is 5.75 Å². The maximum absolute atomic E-state index is 5.56. The molecular formula is C24H26N4O. The van der Waals surface area contributed by atoms with E-state index in [1.807, 2.05) is 43.0 Å². The Labute approximate surface area is 171 Å². The number of imidazole rings is 1. The number of pyridine rings is 1. The minimum atomic E-state index is 0.798. The van der Waals surface area contributed by atoms with Crippen molar-refractivity contribution in [2.75, 3.05) is 13.7 Å². The predicted octanol–water partition coefficient (Wildman–Crippen LogP) is 4.53. The average Bonchev–Trinajstić information content (AvgIpc) is 3.27. The van der Waals surface area contributed by atoms with E-state index in [0.29, 0.717) is 0 Å². The van der Waals surface area contributed by atoms with Gasteiger partial charge in [-0.3, -0.25) is 9.88 Å². The summed E-state index contributed by atoms with van der Waals surface area (Å²) in [5.74, 6) is 0.929. The van der Waals surface area contributed by atoms with Crippen LogP contribution >= 0.6 is 0 Å². The molecule has 0 aliphatic rings. The summed E-state index contributed by atoms with van der Waals surface area (Å²) in [5, 5.41) is 1.17. The van der Waals surface area contributed by atoms with E-state index in [0.717, 1.165) is 49.6 Å². The van der Waals surface area contributed by atoms with E-state index in [1.54, 1.807) is 7.11 Å². The highest BCUT2D eigenvalue weighted by Crippen LogP contribution is 2.21. The first kappa shape index (κ1) is 19.2. The van der Waals surface area contributed by atoms with Crippen molar-refractivity contribution in [2.45, 2.75) is 26.1 Å². The molecule has 2 heterocycles. The molecule has 0 fully saturated rings. The number of hydrogen-bond donors (Lipinski definition) is 0. The quantitative estimate of drug-likeness (QED) is 0.424. The molecule has 0 amide bonds. The van der Waals surface area contributed by atoms with Gasteiger partial charge >= 0.3 is 0 Å². The number of fused-ring (bicyclic) bond motifs is 1. The van der Waals surface area contributed by atoms with Crippen LogP contribution in [0.3, 0.4) is 0 Å². The first-order valence-electron chi connectivity index (χ1n) is 9.96. The number of hydrogen-bond acceptors (Lipinski definition) is 4. The van der Waals surface area contributed by atoms with Crippen LogP contribution in [0.4, 0.5) is 0 Å². The van der Waals surface area contributed by atoms with Gasteiger partial charge in [-0.15, -0.1) is 0 Å². The van der Waals surface area contributed by atoms with E-state index >= 15 is 0 Å². The summed E-state index contributed by atoms with van der Waals surface area (Å²) in [6, 6.07) is 20.8. The minimum absolute atomic E-state index is 0.798. The molecule has 5 nitrogen and oxygen atoms in total. The number of nitrogens with zero attached hydrogens (tertiary/aromatic N) is 4. The highest BCUT2D eigenvalue weighted by Gasteiger charge is 2.12. The van der Waals surface area contributed by atoms with E-state index in [-0.39, 0.29) is 0 Å². The van der Waals surface area contributed by atoms with Crippen LogP contribution in [0.2, 0.25) is 0 Å². The zero-order valence-corrected chi connectivity index (χ0v) is 16.7. The number of para-hydroxylation sites is 2. The fourth-order valence-electron chi connectivity index (χ4n) is 3.61. The maximum atomic E-state index is 5.56. The SMILES string of the molecule is COc1ccccc1CN(CCCn1ccnc1)Cc1ccc2ccccc2n1. The highest BCUT2D eigenvalue weighted by atomic mass is 16.5. The van der Waals surface area contributed by atoms with Crippen LogP contribution in [0.25, 0.3) is 10.9 Å². The third-order valence-corrected chi connectivity index (χ3v) is 5.08. The maximum Gasteiger partial charge on any atom is 0.123 e. The van der Waals surface area contributed by atoms with Gasteiger partial charge in [-0.25, -0.2) is 4.98 Å². The lowest BCUT2D eigenvalue weighted by molar-refractivity contribution is 0.242. The van der Waals surface area contributed by atoms with Crippen molar-refractivity contribution in [3.63, 3.8) is 0 Å². The standard InChI is InChI=1S/C24H26N4O/c1-29-24-10-5-3-8-21(24)17-28(15-6-14-27-16-13-25-19-27)18-22-12-11-20-7-2-4-9-23(20)26-22/h2-5,7-13,16,19H,6,14-15,17-18H2,1H3. The van der Waals surface area contributed by atoms with Gasteiger partial charge in [0, 0.05) is 49.5 Å². The van der Waals surface area contributed by atoms with E-state index in [2.05, 4.69) is 50.8 Å². The van der Waals surface area contributed by atoms with E-state index in [1.165, 1.54) is 10.9 Å². The predicted molar refractivity (Wildman–Crippen MR) is 116 cm³/mol. The Morgan fingerprint density at radius 1 is 0.966 bits per heavy atom. The Morgan fingerprint density at radius 3 is 2.69 bits per heavy atom. The number of rotatable bonds is 9. The minimum Gasteiger partial charge on any atom is -0.496 e. The molecule has 4 aromatic rings. The van der Waals surface area contributed by atoms with Crippen LogP contribution in [0.5, 0.6) is 5.75 Å². The Bertz CT molecular complexity index is 1050. The lowest BCUT2D eigenvalue weighted by Gasteiger charge is -2.23. The molecule has 0 bridgehead atoms. The summed E-state index contributed by atoms with van der Waals surface area (Å²) in [6.45, 7) is 3.54. The molecule has 4 rings (SSSR count). The van der Waals surface area contributed by atoms with E-state index in [4.69, 9.17) is 9.72 Å². The smallest absolute Gasteiger partial charge is 0.123 e. The molecule has 0 radical (unpaired) electrons. The van der Waals surface area contributed by atoms with Crippen LogP contribution in [0.1, 0.15) is 17.7 Å². The van der Waals surface area contributed by atoms with E-state index in [9.17, 15) is 0 Å². The third kappa shape index (κ3) is 5.00. The summed E-state index contributed by atoms with van der Waals surface area (Å²) < 4.78 is 7.68. The topological polar surface area (TPSA) is 43.2 Å². The number of methoxy groups -OCH3 is 1. The molecule has 29 heavy (non-hydrogen) atoms. The first-order valence-corrected chi connectivity index (χ1v) is 9.96. The molecule has 0 atom stereocenters. The summed E-state index contributed by atoms with van der Waals surface area (Å²) in [5.41, 5.74) is 3.32. The fourth-order valence-corrected chi connectivity index (χ4v) is 3.61. The van der Waals surface area contributed by atoms with Gasteiger partial charge in [0.15, 0.2) is 0 Å². The van der Waals surface area contributed by atoms with Crippen molar-refractivity contribution in [1.29, 1.82) is 0 Å². The van der Waals surface area contributed by atoms with Crippen molar-refractivity contribution >= 4 is 10.9 Å². The van der Waals surface area contributed by atoms with Gasteiger partial charge in [-0.05, 0) is 24.6 Å². The van der Waals surface area contributed by atoms with Crippen LogP contribution in [0.15, 0.2) is 79.4 Å². The van der Waals surface area contributed by atoms with E-state index < -0.39 is 0 Å². The second-order valence-electron chi connectivity index (χ2n) is 7.17. The zero-order valence-electron chi connectivity index (χ0n) is 16.7. The molecule has 0 unspecified atom stereocenters. The van der Waals surface area contributed by atoms with Gasteiger partial charge in [0.05, 0.1) is 24.6 Å². The second kappa shape index (κ2) is 9.34. The molecule has 2 aromatic carbocycles. The molecule has 5 heteroatoms. The third-order valence-electron chi connectivity index (χ3n) is 5.08. The Kier molecular flexibility index (Phi) is 6.17. The molecule has 0 saturated carbocycles. The van der Waals surface area contributed by atoms with Crippen LogP contribution < -0.4 is 4.74 Å². The van der Waals surface area contributed by atoms with Gasteiger partial charge in [-0.1, -0.05) is 42.5 Å². The average molecular weight is 386 g/mol. The van der Waals surface area contributed by atoms with Crippen molar-refractivity contribution in [3.8, 4) is 5.75 Å². The van der Waals surface area contributed by atoms with Crippen LogP contribution in [-0.2, 0) is 19.6 Å². The molecule has 0 saturated heterocycles. The van der Waals surface area contributed by atoms with Gasteiger partial charge in [-0.2, -0.15) is 0 Å². The lowest BCUT2D eigenvalue weighted by Crippen LogP contribution is -2.25. The summed E-state index contributed by atoms with van der Waals surface area (Å²) in [6.07, 6.45) is 6.75. The van der Waals surface area contributed by atoms with Crippen molar-refractivity contribution < 1.29 is 4.74 Å². The number of benzene rings is 2. The van der Waals surface area contributed by atoms with Gasteiger partial charge in [0.2, 0.25) is 0 Å². The Balaban J connectivity index is 1.50. The Hall–Kier alpha value is -3.18. The molecular weight excluding hydrogens is 360 g/mol. The highest BCUT2D eigenvalue weighted by molar-refractivity contribution is 5.78. The van der Waals surface area contributed by atoms with Crippen molar-refractivity contribution in [2.24, 2.45) is 0 Å². The molecule has 0 aliphatic heterocycles. The largest absolute Gasteiger partial charge is 0.496 e. The monoisotopic (exact) mass is 386 g/mol. The summed E-state index contributed by atoms with van der Waals surface area (Å²) >= 11 is 0. The number of ether oxygens (including phenoxy) is 1. The number of aromatic nitrogens is 3. The first-order chi connectivity index (χ1) is 14.3. The van der Waals surface area contributed by atoms with Crippen molar-refractivity contribution in [3.05, 3.63) is 90.6 Å². The summed E-state index contributed by atoms with van der Waals surface area (Å²) in [7, 11) is 1.73.